The predicted molar refractivity (Wildman–Crippen MR) is 131 cm³/mol. The summed E-state index contributed by atoms with van der Waals surface area (Å²) in [5.74, 6) is 0.578. The van der Waals surface area contributed by atoms with Gasteiger partial charge in [0, 0.05) is 29.1 Å². The molecule has 0 saturated heterocycles. The van der Waals surface area contributed by atoms with E-state index in [1.54, 1.807) is 24.4 Å². The second-order valence-electron chi connectivity index (χ2n) is 7.33. The van der Waals surface area contributed by atoms with Crippen LogP contribution in [0.2, 0.25) is 0 Å². The number of nitrogen functional groups attached to an aromatic ring is 1. The number of anilines is 1. The molecule has 2 heterocycles. The normalized spacial score (nSPS) is 11.4. The summed E-state index contributed by atoms with van der Waals surface area (Å²) in [7, 11) is 0.582. The third-order valence-electron chi connectivity index (χ3n) is 5.21. The Bertz CT molecular complexity index is 1430. The van der Waals surface area contributed by atoms with Crippen molar-refractivity contribution in [2.24, 2.45) is 5.73 Å². The Labute approximate surface area is 186 Å². The van der Waals surface area contributed by atoms with E-state index in [0.29, 0.717) is 25.8 Å². The van der Waals surface area contributed by atoms with Gasteiger partial charge in [-0.3, -0.25) is 9.20 Å². The maximum Gasteiger partial charge on any atom is 0.248 e. The Hall–Kier alpha value is -4.02. The molecule has 3 aromatic carbocycles. The zero-order valence-corrected chi connectivity index (χ0v) is 18.1. The molecule has 1 unspecified atom stereocenters. The van der Waals surface area contributed by atoms with E-state index >= 15 is 0 Å². The average molecular weight is 437 g/mol. The molecule has 5 rings (SSSR count). The summed E-state index contributed by atoms with van der Waals surface area (Å²) in [5.41, 5.74) is 15.3. The number of benzene rings is 3. The van der Waals surface area contributed by atoms with Crippen LogP contribution in [0.3, 0.4) is 0 Å². The number of carbonyl (C=O) groups is 1. The Balaban J connectivity index is 1.59. The highest BCUT2D eigenvalue weighted by atomic mass is 31.1. The van der Waals surface area contributed by atoms with Gasteiger partial charge in [-0.2, -0.15) is 0 Å². The van der Waals surface area contributed by atoms with Crippen molar-refractivity contribution in [2.75, 3.05) is 5.73 Å². The summed E-state index contributed by atoms with van der Waals surface area (Å²) in [6, 6.07) is 25.9. The lowest BCUT2D eigenvalue weighted by molar-refractivity contribution is 0.100. The smallest absolute Gasteiger partial charge is 0.248 e. The monoisotopic (exact) mass is 437 g/mol. The molecule has 0 fully saturated rings. The maximum absolute atomic E-state index is 11.7. The summed E-state index contributed by atoms with van der Waals surface area (Å²) < 4.78 is 1.90. The maximum atomic E-state index is 11.7. The molecule has 1 amide bonds. The zero-order valence-electron chi connectivity index (χ0n) is 17.1. The first-order valence-electron chi connectivity index (χ1n) is 10.1. The van der Waals surface area contributed by atoms with Gasteiger partial charge in [-0.1, -0.05) is 75.3 Å². The molecular weight excluding hydrogens is 417 g/mol. The van der Waals surface area contributed by atoms with Crippen molar-refractivity contribution in [3.8, 4) is 22.6 Å². The van der Waals surface area contributed by atoms with Gasteiger partial charge in [-0.05, 0) is 22.7 Å². The van der Waals surface area contributed by atoms with E-state index in [2.05, 4.69) is 53.5 Å². The van der Waals surface area contributed by atoms with Gasteiger partial charge in [0.1, 0.15) is 22.9 Å². The van der Waals surface area contributed by atoms with E-state index < -0.39 is 5.91 Å². The van der Waals surface area contributed by atoms with Gasteiger partial charge in [0.05, 0.1) is 0 Å². The van der Waals surface area contributed by atoms with E-state index in [-0.39, 0.29) is 0 Å². The highest BCUT2D eigenvalue weighted by Gasteiger charge is 2.18. The number of hydrogen-bond donors (Lipinski definition) is 2. The van der Waals surface area contributed by atoms with Crippen LogP contribution in [0.5, 0.6) is 0 Å². The predicted octanol–water partition coefficient (Wildman–Crippen LogP) is 3.37. The fourth-order valence-electron chi connectivity index (χ4n) is 3.68. The van der Waals surface area contributed by atoms with Crippen molar-refractivity contribution in [2.45, 2.75) is 0 Å². The highest BCUT2D eigenvalue weighted by Crippen LogP contribution is 2.32. The van der Waals surface area contributed by atoms with Crippen molar-refractivity contribution in [1.29, 1.82) is 0 Å². The largest absolute Gasteiger partial charge is 0.382 e. The standard InChI is InChI=1S/C25H20N5OP/c26-23-22-21(16-9-11-20(12-10-16)32-19-7-2-1-3-8-19)29-25(30(22)14-13-28-23)18-6-4-5-17(15-18)24(27)31/h1-15,32H,(H2,26,28)(H2,27,31). The summed E-state index contributed by atoms with van der Waals surface area (Å²) in [6.07, 6.45) is 3.46. The molecule has 5 aromatic rings. The van der Waals surface area contributed by atoms with Gasteiger partial charge in [0.25, 0.3) is 0 Å². The van der Waals surface area contributed by atoms with Crippen LogP contribution >= 0.6 is 8.58 Å². The van der Waals surface area contributed by atoms with Gasteiger partial charge in [0.15, 0.2) is 0 Å². The first-order chi connectivity index (χ1) is 15.6. The second kappa shape index (κ2) is 8.25. The number of rotatable bonds is 5. The Morgan fingerprint density at radius 3 is 2.38 bits per heavy atom. The Morgan fingerprint density at radius 1 is 0.875 bits per heavy atom. The van der Waals surface area contributed by atoms with Crippen LogP contribution in [0.25, 0.3) is 28.2 Å². The molecule has 0 aliphatic heterocycles. The molecule has 4 N–H and O–H groups in total. The van der Waals surface area contributed by atoms with Gasteiger partial charge in [-0.25, -0.2) is 9.97 Å². The van der Waals surface area contributed by atoms with E-state index in [1.165, 1.54) is 10.6 Å². The molecule has 32 heavy (non-hydrogen) atoms. The Kier molecular flexibility index (Phi) is 5.13. The topological polar surface area (TPSA) is 99.3 Å². The minimum absolute atomic E-state index is 0.391. The summed E-state index contributed by atoms with van der Waals surface area (Å²) >= 11 is 0. The van der Waals surface area contributed by atoms with Crippen molar-refractivity contribution >= 4 is 36.4 Å². The van der Waals surface area contributed by atoms with Crippen LogP contribution in [-0.2, 0) is 0 Å². The number of aromatic nitrogens is 3. The van der Waals surface area contributed by atoms with Gasteiger partial charge in [0.2, 0.25) is 5.91 Å². The number of nitrogens with zero attached hydrogens (tertiary/aromatic N) is 3. The average Bonchev–Trinajstić information content (AvgIpc) is 3.21. The lowest BCUT2D eigenvalue weighted by Crippen LogP contribution is -2.10. The van der Waals surface area contributed by atoms with Crippen LogP contribution in [0.1, 0.15) is 10.4 Å². The van der Waals surface area contributed by atoms with Crippen molar-refractivity contribution in [3.63, 3.8) is 0 Å². The number of primary amides is 1. The molecule has 7 heteroatoms. The van der Waals surface area contributed by atoms with Crippen LogP contribution < -0.4 is 22.1 Å². The van der Waals surface area contributed by atoms with Gasteiger partial charge < -0.3 is 11.5 Å². The van der Waals surface area contributed by atoms with Crippen LogP contribution in [0, 0.1) is 0 Å². The van der Waals surface area contributed by atoms with E-state index in [1.807, 2.05) is 22.7 Å². The first-order valence-corrected chi connectivity index (χ1v) is 11.1. The molecule has 0 bridgehead atoms. The molecule has 0 spiro atoms. The molecule has 6 nitrogen and oxygen atoms in total. The first kappa shape index (κ1) is 19.9. The number of fused-ring (bicyclic) bond motifs is 1. The number of hydrogen-bond acceptors (Lipinski definition) is 4. The Morgan fingerprint density at radius 2 is 1.62 bits per heavy atom. The highest BCUT2D eigenvalue weighted by molar-refractivity contribution is 7.55. The van der Waals surface area contributed by atoms with E-state index in [9.17, 15) is 4.79 Å². The van der Waals surface area contributed by atoms with Gasteiger partial charge in [-0.15, -0.1) is 0 Å². The number of amides is 1. The molecule has 2 aromatic heterocycles. The molecule has 1 atom stereocenters. The third-order valence-corrected chi connectivity index (χ3v) is 6.45. The SMILES string of the molecule is NC(=O)c1cccc(-c2nc(-c3ccc(Pc4ccccc4)cc3)c3c(N)nccn23)c1. The molecular formula is C25H20N5OP. The molecule has 0 aliphatic carbocycles. The third kappa shape index (κ3) is 3.72. The molecule has 156 valence electrons. The van der Waals surface area contributed by atoms with Gasteiger partial charge >= 0.3 is 0 Å². The minimum atomic E-state index is -0.482. The fourth-order valence-corrected chi connectivity index (χ4v) is 4.71. The second-order valence-corrected chi connectivity index (χ2v) is 8.73. The fraction of sp³-hybridized carbons (Fsp3) is 0. The molecule has 0 radical (unpaired) electrons. The molecule has 0 aliphatic rings. The van der Waals surface area contributed by atoms with Crippen molar-refractivity contribution in [1.82, 2.24) is 14.4 Å². The van der Waals surface area contributed by atoms with Crippen molar-refractivity contribution in [3.05, 3.63) is 96.8 Å². The minimum Gasteiger partial charge on any atom is -0.382 e. The summed E-state index contributed by atoms with van der Waals surface area (Å²) in [6.45, 7) is 0. The quantitative estimate of drug-likeness (QED) is 0.412. The van der Waals surface area contributed by atoms with Crippen LogP contribution in [-0.4, -0.2) is 20.3 Å². The van der Waals surface area contributed by atoms with Crippen LogP contribution in [0.15, 0.2) is 91.3 Å². The number of carbonyl (C=O) groups excluding carboxylic acids is 1. The lowest BCUT2D eigenvalue weighted by atomic mass is 10.1. The number of nitrogens with two attached hydrogens (primary N) is 2. The van der Waals surface area contributed by atoms with Crippen LogP contribution in [0.4, 0.5) is 5.82 Å². The summed E-state index contributed by atoms with van der Waals surface area (Å²) in [5, 5.41) is 2.53. The van der Waals surface area contributed by atoms with Crippen molar-refractivity contribution < 1.29 is 4.79 Å². The van der Waals surface area contributed by atoms with E-state index in [4.69, 9.17) is 16.5 Å². The number of imidazole rings is 1. The summed E-state index contributed by atoms with van der Waals surface area (Å²) in [4.78, 5) is 20.8. The lowest BCUT2D eigenvalue weighted by Gasteiger charge is -2.05. The molecule has 0 saturated carbocycles. The zero-order chi connectivity index (χ0) is 22.1. The van der Waals surface area contributed by atoms with E-state index in [0.717, 1.165) is 22.3 Å².